The molecule has 0 bridgehead atoms. The minimum absolute atomic E-state index is 0.231. The molecule has 0 aromatic heterocycles. The van der Waals surface area contributed by atoms with E-state index in [1.165, 1.54) is 0 Å². The lowest BCUT2D eigenvalue weighted by molar-refractivity contribution is 0.112. The molecule has 0 N–H and O–H groups in total. The van der Waals surface area contributed by atoms with Gasteiger partial charge in [0.1, 0.15) is 12.9 Å². The van der Waals surface area contributed by atoms with Crippen molar-refractivity contribution >= 4 is 12.2 Å². The Kier molecular flexibility index (Phi) is 3.04. The fourth-order valence-electron chi connectivity index (χ4n) is 1.63. The Labute approximate surface area is 95.2 Å². The number of aliphatic imine (C=N–C) groups is 1. The van der Waals surface area contributed by atoms with Crippen molar-refractivity contribution < 1.29 is 9.53 Å². The summed E-state index contributed by atoms with van der Waals surface area (Å²) in [4.78, 5) is 15.2. The number of hydrogen-bond donors (Lipinski definition) is 0. The highest BCUT2D eigenvalue weighted by molar-refractivity contribution is 5.96. The first-order valence-corrected chi connectivity index (χ1v) is 5.47. The Bertz CT molecular complexity index is 424. The zero-order valence-corrected chi connectivity index (χ0v) is 9.51. The lowest BCUT2D eigenvalue weighted by Gasteiger charge is -2.06. The molecule has 0 saturated heterocycles. The molecule has 3 nitrogen and oxygen atoms in total. The van der Waals surface area contributed by atoms with E-state index >= 15 is 0 Å². The van der Waals surface area contributed by atoms with Gasteiger partial charge in [-0.2, -0.15) is 0 Å². The number of aldehydes is 1. The highest BCUT2D eigenvalue weighted by Crippen LogP contribution is 2.17. The van der Waals surface area contributed by atoms with E-state index in [1.807, 2.05) is 12.1 Å². The molecule has 1 aromatic carbocycles. The maximum absolute atomic E-state index is 10.7. The zero-order valence-electron chi connectivity index (χ0n) is 9.51. The Morgan fingerprint density at radius 1 is 1.50 bits per heavy atom. The molecule has 0 amide bonds. The molecule has 1 aliphatic heterocycles. The largest absolute Gasteiger partial charge is 0.475 e. The third kappa shape index (κ3) is 2.13. The van der Waals surface area contributed by atoms with Crippen LogP contribution in [0.3, 0.4) is 0 Å². The second-order valence-corrected chi connectivity index (χ2v) is 4.30. The van der Waals surface area contributed by atoms with Gasteiger partial charge in [0.25, 0.3) is 0 Å². The van der Waals surface area contributed by atoms with Gasteiger partial charge >= 0.3 is 0 Å². The molecule has 0 spiro atoms. The van der Waals surface area contributed by atoms with Gasteiger partial charge in [-0.25, -0.2) is 4.99 Å². The van der Waals surface area contributed by atoms with Crippen LogP contribution in [0.4, 0.5) is 0 Å². The molecule has 1 heterocycles. The standard InChI is InChI=1S/C13H15NO2/c1-9(2)12-8-16-13(14-12)11-5-3-4-10(6-11)7-15/h3-7,9,12H,8H2,1-2H3. The van der Waals surface area contributed by atoms with E-state index in [4.69, 9.17) is 4.74 Å². The summed E-state index contributed by atoms with van der Waals surface area (Å²) in [6.07, 6.45) is 0.832. The SMILES string of the molecule is CC(C)C1COC(c2cccc(C=O)c2)=N1. The molecule has 1 aliphatic rings. The zero-order chi connectivity index (χ0) is 11.5. The van der Waals surface area contributed by atoms with Crippen LogP contribution in [0, 0.1) is 5.92 Å². The van der Waals surface area contributed by atoms with E-state index in [-0.39, 0.29) is 6.04 Å². The maximum Gasteiger partial charge on any atom is 0.216 e. The minimum Gasteiger partial charge on any atom is -0.475 e. The third-order valence-corrected chi connectivity index (χ3v) is 2.71. The van der Waals surface area contributed by atoms with Gasteiger partial charge < -0.3 is 4.74 Å². The van der Waals surface area contributed by atoms with Gasteiger partial charge in [-0.15, -0.1) is 0 Å². The van der Waals surface area contributed by atoms with Crippen LogP contribution in [-0.4, -0.2) is 24.8 Å². The van der Waals surface area contributed by atoms with Crippen molar-refractivity contribution in [3.8, 4) is 0 Å². The van der Waals surface area contributed by atoms with Crippen LogP contribution in [-0.2, 0) is 4.74 Å². The van der Waals surface area contributed by atoms with Crippen LogP contribution in [0.5, 0.6) is 0 Å². The van der Waals surface area contributed by atoms with Crippen molar-refractivity contribution in [1.82, 2.24) is 0 Å². The van der Waals surface area contributed by atoms with E-state index in [2.05, 4.69) is 18.8 Å². The van der Waals surface area contributed by atoms with Gasteiger partial charge in [-0.3, -0.25) is 4.79 Å². The molecule has 2 rings (SSSR count). The highest BCUT2D eigenvalue weighted by Gasteiger charge is 2.22. The molecule has 0 aliphatic carbocycles. The van der Waals surface area contributed by atoms with Gasteiger partial charge in [0.05, 0.1) is 6.04 Å². The van der Waals surface area contributed by atoms with Crippen molar-refractivity contribution in [2.45, 2.75) is 19.9 Å². The van der Waals surface area contributed by atoms with Crippen LogP contribution >= 0.6 is 0 Å². The number of hydrogen-bond acceptors (Lipinski definition) is 3. The van der Waals surface area contributed by atoms with Crippen LogP contribution in [0.15, 0.2) is 29.3 Å². The molecular formula is C13H15NO2. The summed E-state index contributed by atoms with van der Waals surface area (Å²) in [5.41, 5.74) is 1.53. The first-order chi connectivity index (χ1) is 7.70. The van der Waals surface area contributed by atoms with Gasteiger partial charge in [0.15, 0.2) is 0 Å². The smallest absolute Gasteiger partial charge is 0.216 e. The summed E-state index contributed by atoms with van der Waals surface area (Å²) >= 11 is 0. The highest BCUT2D eigenvalue weighted by atomic mass is 16.5. The minimum atomic E-state index is 0.231. The van der Waals surface area contributed by atoms with E-state index in [1.54, 1.807) is 12.1 Å². The molecule has 84 valence electrons. The fourth-order valence-corrected chi connectivity index (χ4v) is 1.63. The van der Waals surface area contributed by atoms with Crippen molar-refractivity contribution in [3.05, 3.63) is 35.4 Å². The Hall–Kier alpha value is -1.64. The van der Waals surface area contributed by atoms with Crippen LogP contribution in [0.2, 0.25) is 0 Å². The lowest BCUT2D eigenvalue weighted by atomic mass is 10.1. The summed E-state index contributed by atoms with van der Waals surface area (Å²) < 4.78 is 5.55. The van der Waals surface area contributed by atoms with Crippen LogP contribution in [0.1, 0.15) is 29.8 Å². The van der Waals surface area contributed by atoms with Crippen molar-refractivity contribution in [1.29, 1.82) is 0 Å². The number of benzene rings is 1. The average Bonchev–Trinajstić information content (AvgIpc) is 2.78. The summed E-state index contributed by atoms with van der Waals surface area (Å²) in [7, 11) is 0. The van der Waals surface area contributed by atoms with E-state index in [9.17, 15) is 4.79 Å². The number of ether oxygens (including phenoxy) is 1. The number of carbonyl (C=O) groups is 1. The average molecular weight is 217 g/mol. The second kappa shape index (κ2) is 4.47. The molecule has 1 unspecified atom stereocenters. The van der Waals surface area contributed by atoms with Crippen LogP contribution in [0.25, 0.3) is 0 Å². The van der Waals surface area contributed by atoms with E-state index in [0.717, 1.165) is 11.8 Å². The Morgan fingerprint density at radius 3 is 2.94 bits per heavy atom. The summed E-state index contributed by atoms with van der Waals surface area (Å²) in [5, 5.41) is 0. The Balaban J connectivity index is 2.25. The number of carbonyl (C=O) groups excluding carboxylic acids is 1. The Morgan fingerprint density at radius 2 is 2.31 bits per heavy atom. The second-order valence-electron chi connectivity index (χ2n) is 4.30. The maximum atomic E-state index is 10.7. The van der Waals surface area contributed by atoms with Gasteiger partial charge in [-0.1, -0.05) is 26.0 Å². The molecule has 1 atom stereocenters. The van der Waals surface area contributed by atoms with E-state index in [0.29, 0.717) is 24.0 Å². The normalized spacial score (nSPS) is 19.4. The predicted octanol–water partition coefficient (Wildman–Crippen LogP) is 2.30. The van der Waals surface area contributed by atoms with Crippen molar-refractivity contribution in [2.24, 2.45) is 10.9 Å². The number of nitrogens with zero attached hydrogens (tertiary/aromatic N) is 1. The van der Waals surface area contributed by atoms with Gasteiger partial charge in [0, 0.05) is 11.1 Å². The molecule has 1 aromatic rings. The molecule has 3 heteroatoms. The first-order valence-electron chi connectivity index (χ1n) is 5.47. The summed E-state index contributed by atoms with van der Waals surface area (Å²) in [6.45, 7) is 4.89. The lowest BCUT2D eigenvalue weighted by Crippen LogP contribution is -2.13. The van der Waals surface area contributed by atoms with Gasteiger partial charge in [0.2, 0.25) is 5.90 Å². The first kappa shape index (κ1) is 10.9. The quantitative estimate of drug-likeness (QED) is 0.729. The molecule has 0 radical (unpaired) electrons. The summed E-state index contributed by atoms with van der Waals surface area (Å²) in [6, 6.07) is 7.55. The van der Waals surface area contributed by atoms with Gasteiger partial charge in [-0.05, 0) is 18.1 Å². The van der Waals surface area contributed by atoms with E-state index < -0.39 is 0 Å². The fraction of sp³-hybridized carbons (Fsp3) is 0.385. The number of rotatable bonds is 3. The van der Waals surface area contributed by atoms with Crippen molar-refractivity contribution in [2.75, 3.05) is 6.61 Å². The molecular weight excluding hydrogens is 202 g/mol. The molecule has 0 fully saturated rings. The molecule has 0 saturated carbocycles. The van der Waals surface area contributed by atoms with Crippen molar-refractivity contribution in [3.63, 3.8) is 0 Å². The predicted molar refractivity (Wildman–Crippen MR) is 62.9 cm³/mol. The summed E-state index contributed by atoms with van der Waals surface area (Å²) in [5.74, 6) is 1.13. The topological polar surface area (TPSA) is 38.7 Å². The monoisotopic (exact) mass is 217 g/mol. The third-order valence-electron chi connectivity index (χ3n) is 2.71. The molecule has 16 heavy (non-hydrogen) atoms. The van der Waals surface area contributed by atoms with Crippen LogP contribution < -0.4 is 0 Å².